The number of rotatable bonds is 5. The molecule has 0 saturated carbocycles. The zero-order valence-corrected chi connectivity index (χ0v) is 15.3. The van der Waals surface area contributed by atoms with Gasteiger partial charge in [-0.3, -0.25) is 0 Å². The molecule has 0 atom stereocenters. The predicted molar refractivity (Wildman–Crippen MR) is 114 cm³/mol. The minimum Gasteiger partial charge on any atom is -0.340 e. The monoisotopic (exact) mass is 367 g/mol. The van der Waals surface area contributed by atoms with Crippen LogP contribution in [-0.4, -0.2) is 9.97 Å². The van der Waals surface area contributed by atoms with Crippen LogP contribution in [0.15, 0.2) is 54.7 Å². The van der Waals surface area contributed by atoms with Crippen molar-refractivity contribution in [2.24, 2.45) is 0 Å². The average Bonchev–Trinajstić information content (AvgIpc) is 2.74. The van der Waals surface area contributed by atoms with Gasteiger partial charge in [0.05, 0.1) is 6.07 Å². The van der Waals surface area contributed by atoms with Gasteiger partial charge in [-0.05, 0) is 79.0 Å². The summed E-state index contributed by atoms with van der Waals surface area (Å²) in [6, 6.07) is 14.6. The van der Waals surface area contributed by atoms with Gasteiger partial charge in [0.15, 0.2) is 0 Å². The molecule has 0 bridgehead atoms. The van der Waals surface area contributed by atoms with Crippen molar-refractivity contribution in [2.75, 3.05) is 10.6 Å². The van der Waals surface area contributed by atoms with Crippen LogP contribution < -0.4 is 10.6 Å². The van der Waals surface area contributed by atoms with Gasteiger partial charge in [-0.15, -0.1) is 6.42 Å². The number of hydrogen-bond donors (Lipinski definition) is 2. The number of aromatic nitrogens is 2. The average molecular weight is 367 g/mol. The van der Waals surface area contributed by atoms with Crippen molar-refractivity contribution in [3.8, 4) is 18.4 Å². The third-order valence-electron chi connectivity index (χ3n) is 3.96. The van der Waals surface area contributed by atoms with E-state index in [1.807, 2.05) is 43.3 Å². The Balaban J connectivity index is 1.87. The van der Waals surface area contributed by atoms with Crippen LogP contribution >= 0.6 is 0 Å². The van der Waals surface area contributed by atoms with Gasteiger partial charge in [0.25, 0.3) is 0 Å². The maximum absolute atomic E-state index is 8.73. The van der Waals surface area contributed by atoms with E-state index in [1.165, 1.54) is 6.08 Å². The van der Waals surface area contributed by atoms with Gasteiger partial charge in [-0.1, -0.05) is 5.92 Å². The zero-order chi connectivity index (χ0) is 21.5. The molecule has 2 aromatic carbocycles. The summed E-state index contributed by atoms with van der Waals surface area (Å²) in [6.45, 7) is 0.682. The van der Waals surface area contributed by atoms with E-state index in [-0.39, 0.29) is 0 Å². The first-order valence-electron chi connectivity index (χ1n) is 9.64. The van der Waals surface area contributed by atoms with Crippen molar-refractivity contribution in [1.82, 2.24) is 9.97 Å². The normalized spacial score (nSPS) is 11.4. The highest BCUT2D eigenvalue weighted by molar-refractivity contribution is 5.69. The molecule has 0 unspecified atom stereocenters. The molecule has 0 aliphatic heterocycles. The highest BCUT2D eigenvalue weighted by Gasteiger charge is 2.07. The highest BCUT2D eigenvalue weighted by Crippen LogP contribution is 2.26. The largest absolute Gasteiger partial charge is 0.340 e. The Morgan fingerprint density at radius 2 is 1.93 bits per heavy atom. The number of aryl methyl sites for hydroxylation is 2. The Labute approximate surface area is 167 Å². The quantitative estimate of drug-likeness (QED) is 0.485. The number of hydrogen-bond acceptors (Lipinski definition) is 5. The topological polar surface area (TPSA) is 73.6 Å². The Kier molecular flexibility index (Phi) is 4.91. The van der Waals surface area contributed by atoms with Crippen LogP contribution in [-0.2, 0) is 0 Å². The van der Waals surface area contributed by atoms with Crippen LogP contribution in [0.25, 0.3) is 6.08 Å². The van der Waals surface area contributed by atoms with Gasteiger partial charge in [-0.2, -0.15) is 10.2 Å². The molecule has 0 spiro atoms. The highest BCUT2D eigenvalue weighted by atomic mass is 15.1. The van der Waals surface area contributed by atoms with E-state index < -0.39 is 6.88 Å². The SMILES string of the molecule is [2H]C([2H])c1cc(/C=C/C#N)cc(C)c1Nc1ccnc(Nc2ccc(C#C)cc2)n1. The van der Waals surface area contributed by atoms with E-state index in [0.717, 1.165) is 22.4 Å². The molecular formula is C23H19N5. The molecule has 0 fully saturated rings. The molecule has 0 aliphatic carbocycles. The molecule has 0 amide bonds. The summed E-state index contributed by atoms with van der Waals surface area (Å²) >= 11 is 0. The van der Waals surface area contributed by atoms with E-state index in [4.69, 9.17) is 14.4 Å². The van der Waals surface area contributed by atoms with E-state index in [1.54, 1.807) is 24.4 Å². The van der Waals surface area contributed by atoms with Gasteiger partial charge in [-0.25, -0.2) is 4.98 Å². The molecule has 0 saturated heterocycles. The van der Waals surface area contributed by atoms with Crippen LogP contribution in [0.3, 0.4) is 0 Å². The van der Waals surface area contributed by atoms with E-state index >= 15 is 0 Å². The number of anilines is 4. The zero-order valence-electron chi connectivity index (χ0n) is 17.3. The van der Waals surface area contributed by atoms with Crippen molar-refractivity contribution < 1.29 is 2.74 Å². The second kappa shape index (κ2) is 8.53. The summed E-state index contributed by atoms with van der Waals surface area (Å²) in [5.41, 5.74) is 4.32. The fourth-order valence-electron chi connectivity index (χ4n) is 2.64. The predicted octanol–water partition coefficient (Wildman–Crippen LogP) is 5.10. The number of nitrogens with zero attached hydrogens (tertiary/aromatic N) is 3. The molecule has 5 nitrogen and oxygen atoms in total. The van der Waals surface area contributed by atoms with Crippen LogP contribution in [0.2, 0.25) is 0 Å². The van der Waals surface area contributed by atoms with E-state index in [9.17, 15) is 0 Å². The van der Waals surface area contributed by atoms with Crippen molar-refractivity contribution in [3.63, 3.8) is 0 Å². The lowest BCUT2D eigenvalue weighted by molar-refractivity contribution is 1.16. The number of nitriles is 1. The molecule has 1 heterocycles. The molecular weight excluding hydrogens is 346 g/mol. The van der Waals surface area contributed by atoms with Crippen molar-refractivity contribution in [2.45, 2.75) is 13.8 Å². The second-order valence-corrected chi connectivity index (χ2v) is 6.00. The van der Waals surface area contributed by atoms with Gasteiger partial charge >= 0.3 is 0 Å². The Morgan fingerprint density at radius 3 is 2.64 bits per heavy atom. The first-order chi connectivity index (χ1) is 14.5. The first kappa shape index (κ1) is 16.1. The lowest BCUT2D eigenvalue weighted by atomic mass is 10.0. The fourth-order valence-corrected chi connectivity index (χ4v) is 2.64. The smallest absolute Gasteiger partial charge is 0.229 e. The lowest BCUT2D eigenvalue weighted by Crippen LogP contribution is -2.02. The lowest BCUT2D eigenvalue weighted by Gasteiger charge is -2.14. The Hall–Kier alpha value is -4.09. The Bertz CT molecular complexity index is 1160. The molecule has 2 N–H and O–H groups in total. The molecule has 28 heavy (non-hydrogen) atoms. The maximum Gasteiger partial charge on any atom is 0.229 e. The summed E-state index contributed by atoms with van der Waals surface area (Å²) in [5.74, 6) is 3.49. The molecule has 1 aromatic heterocycles. The van der Waals surface area contributed by atoms with Crippen LogP contribution in [0.4, 0.5) is 23.1 Å². The molecule has 3 aromatic rings. The minimum absolute atomic E-state index is 0.398. The molecule has 0 radical (unpaired) electrons. The van der Waals surface area contributed by atoms with Crippen molar-refractivity contribution in [1.29, 1.82) is 5.26 Å². The minimum atomic E-state index is -1.20. The molecule has 0 aliphatic rings. The summed E-state index contributed by atoms with van der Waals surface area (Å²) in [7, 11) is 0. The third kappa shape index (κ3) is 4.55. The van der Waals surface area contributed by atoms with E-state index in [2.05, 4.69) is 26.5 Å². The molecule has 5 heteroatoms. The van der Waals surface area contributed by atoms with Gasteiger partial charge in [0.2, 0.25) is 5.95 Å². The summed E-state index contributed by atoms with van der Waals surface area (Å²) in [4.78, 5) is 8.70. The summed E-state index contributed by atoms with van der Waals surface area (Å²) < 4.78 is 15.8. The number of allylic oxidation sites excluding steroid dienone is 1. The number of nitrogens with one attached hydrogen (secondary N) is 2. The van der Waals surface area contributed by atoms with Gasteiger partial charge < -0.3 is 10.6 Å². The Morgan fingerprint density at radius 1 is 1.14 bits per heavy atom. The van der Waals surface area contributed by atoms with Crippen molar-refractivity contribution in [3.05, 3.63) is 77.0 Å². The summed E-state index contributed by atoms with van der Waals surface area (Å²) in [6.07, 6.45) is 10.0. The molecule has 3 rings (SSSR count). The third-order valence-corrected chi connectivity index (χ3v) is 3.96. The molecule has 136 valence electrons. The van der Waals surface area contributed by atoms with Crippen LogP contribution in [0, 0.1) is 37.5 Å². The van der Waals surface area contributed by atoms with Crippen LogP contribution in [0.5, 0.6) is 0 Å². The first-order valence-corrected chi connectivity index (χ1v) is 8.49. The maximum atomic E-state index is 8.73. The number of benzene rings is 2. The van der Waals surface area contributed by atoms with Crippen molar-refractivity contribution >= 4 is 29.2 Å². The van der Waals surface area contributed by atoms with Gasteiger partial charge in [0, 0.05) is 32.0 Å². The summed E-state index contributed by atoms with van der Waals surface area (Å²) in [5, 5.41) is 15.1. The standard InChI is InChI=1S/C23H19N5/c1-4-18-7-9-20(10-8-18)26-23-25-13-11-21(28-23)27-22-16(2)14-19(6-5-12-24)15-17(22)3/h1,5-11,13-15H,2-3H3,(H2,25,26,27,28)/b6-5+/i2D2. The van der Waals surface area contributed by atoms with E-state index in [0.29, 0.717) is 23.0 Å². The van der Waals surface area contributed by atoms with Crippen LogP contribution in [0.1, 0.15) is 25.0 Å². The van der Waals surface area contributed by atoms with Gasteiger partial charge in [0.1, 0.15) is 5.82 Å². The fraction of sp³-hybridized carbons (Fsp3) is 0.0870. The second-order valence-electron chi connectivity index (χ2n) is 6.00. The number of terminal acetylenes is 1.